The molecule has 2 rings (SSSR count). The molecule has 0 fully saturated rings. The number of hydrogen-bond donors (Lipinski definition) is 1. The molecular formula is C15H20BrN3O2. The molecule has 0 aliphatic carbocycles. The number of ether oxygens (including phenoxy) is 2. The summed E-state index contributed by atoms with van der Waals surface area (Å²) < 4.78 is 13.7. The molecule has 0 saturated carbocycles. The first kappa shape index (κ1) is 16.0. The zero-order valence-electron chi connectivity index (χ0n) is 12.1. The molecule has 6 heteroatoms. The number of nitrogens with zero attached hydrogens (tertiary/aromatic N) is 2. The lowest BCUT2D eigenvalue weighted by atomic mass is 10.2. The van der Waals surface area contributed by atoms with Crippen LogP contribution in [0.1, 0.15) is 5.56 Å². The summed E-state index contributed by atoms with van der Waals surface area (Å²) in [5, 5.41) is 7.47. The van der Waals surface area contributed by atoms with Crippen LogP contribution in [0.25, 0.3) is 0 Å². The monoisotopic (exact) mass is 353 g/mol. The minimum absolute atomic E-state index is 0.597. The highest BCUT2D eigenvalue weighted by molar-refractivity contribution is 9.10. The van der Waals surface area contributed by atoms with Crippen molar-refractivity contribution in [2.24, 2.45) is 0 Å². The summed E-state index contributed by atoms with van der Waals surface area (Å²) in [6.07, 6.45) is 3.69. The van der Waals surface area contributed by atoms with Crippen LogP contribution in [0.4, 0.5) is 0 Å². The minimum atomic E-state index is 0.597. The third-order valence-electron chi connectivity index (χ3n) is 2.96. The molecule has 0 unspecified atom stereocenters. The van der Waals surface area contributed by atoms with Gasteiger partial charge in [0.1, 0.15) is 12.4 Å². The first-order valence-corrected chi connectivity index (χ1v) is 7.67. The summed E-state index contributed by atoms with van der Waals surface area (Å²) in [7, 11) is 1.70. The van der Waals surface area contributed by atoms with Gasteiger partial charge in [0.05, 0.1) is 13.2 Å². The van der Waals surface area contributed by atoms with Crippen LogP contribution in [-0.2, 0) is 17.8 Å². The Balaban J connectivity index is 1.82. The number of aromatic nitrogens is 2. The van der Waals surface area contributed by atoms with E-state index in [1.54, 1.807) is 13.3 Å². The molecule has 0 aliphatic rings. The maximum atomic E-state index is 5.77. The summed E-state index contributed by atoms with van der Waals surface area (Å²) in [6, 6.07) is 7.93. The maximum Gasteiger partial charge on any atom is 0.119 e. The second-order valence-corrected chi connectivity index (χ2v) is 5.39. The van der Waals surface area contributed by atoms with Crippen molar-refractivity contribution in [3.63, 3.8) is 0 Å². The quantitative estimate of drug-likeness (QED) is 0.703. The van der Waals surface area contributed by atoms with Crippen LogP contribution in [0, 0.1) is 0 Å². The molecule has 1 aromatic carbocycles. The van der Waals surface area contributed by atoms with Crippen molar-refractivity contribution in [2.45, 2.75) is 13.1 Å². The summed E-state index contributed by atoms with van der Waals surface area (Å²) in [5.74, 6) is 0.869. The van der Waals surface area contributed by atoms with Crippen LogP contribution < -0.4 is 10.1 Å². The normalized spacial score (nSPS) is 10.8. The van der Waals surface area contributed by atoms with Crippen LogP contribution in [0.5, 0.6) is 5.75 Å². The van der Waals surface area contributed by atoms with Gasteiger partial charge in [-0.05, 0) is 29.8 Å². The standard InChI is InChI=1S/C15H20BrN3O2/c1-20-9-6-17-12-13-11-14(3-4-15(13)16)21-10-8-19-7-2-5-18-19/h2-5,7,11,17H,6,8-10,12H2,1H3. The number of methoxy groups -OCH3 is 1. The van der Waals surface area contributed by atoms with Gasteiger partial charge in [-0.15, -0.1) is 0 Å². The van der Waals surface area contributed by atoms with E-state index >= 15 is 0 Å². The summed E-state index contributed by atoms with van der Waals surface area (Å²) in [5.41, 5.74) is 1.17. The van der Waals surface area contributed by atoms with Gasteiger partial charge in [-0.3, -0.25) is 4.68 Å². The molecule has 5 nitrogen and oxygen atoms in total. The van der Waals surface area contributed by atoms with E-state index in [2.05, 4.69) is 26.3 Å². The summed E-state index contributed by atoms with van der Waals surface area (Å²) in [4.78, 5) is 0. The van der Waals surface area contributed by atoms with Gasteiger partial charge in [0.15, 0.2) is 0 Å². The average Bonchev–Trinajstić information content (AvgIpc) is 3.00. The van der Waals surface area contributed by atoms with Crippen LogP contribution >= 0.6 is 15.9 Å². The number of nitrogens with one attached hydrogen (secondary N) is 1. The fourth-order valence-electron chi connectivity index (χ4n) is 1.86. The van der Waals surface area contributed by atoms with E-state index < -0.39 is 0 Å². The van der Waals surface area contributed by atoms with Gasteiger partial charge >= 0.3 is 0 Å². The molecule has 0 bridgehead atoms. The fourth-order valence-corrected chi connectivity index (χ4v) is 2.25. The molecule has 114 valence electrons. The van der Waals surface area contributed by atoms with Crippen LogP contribution in [0.15, 0.2) is 41.1 Å². The zero-order chi connectivity index (χ0) is 14.9. The largest absolute Gasteiger partial charge is 0.492 e. The van der Waals surface area contributed by atoms with Gasteiger partial charge in [-0.2, -0.15) is 5.10 Å². The van der Waals surface area contributed by atoms with Crippen molar-refractivity contribution in [3.05, 3.63) is 46.7 Å². The molecule has 21 heavy (non-hydrogen) atoms. The highest BCUT2D eigenvalue weighted by atomic mass is 79.9. The third-order valence-corrected chi connectivity index (χ3v) is 3.74. The van der Waals surface area contributed by atoms with Crippen LogP contribution in [0.2, 0.25) is 0 Å². The smallest absolute Gasteiger partial charge is 0.119 e. The predicted molar refractivity (Wildman–Crippen MR) is 85.4 cm³/mol. The van der Waals surface area contributed by atoms with Crippen molar-refractivity contribution in [3.8, 4) is 5.75 Å². The topological polar surface area (TPSA) is 48.3 Å². The first-order valence-electron chi connectivity index (χ1n) is 6.88. The van der Waals surface area contributed by atoms with Crippen LogP contribution in [0.3, 0.4) is 0 Å². The van der Waals surface area contributed by atoms with Crippen molar-refractivity contribution in [1.29, 1.82) is 0 Å². The molecule has 0 radical (unpaired) electrons. The van der Waals surface area contributed by atoms with Gasteiger partial charge in [0.25, 0.3) is 0 Å². The molecule has 0 saturated heterocycles. The molecule has 0 atom stereocenters. The third kappa shape index (κ3) is 5.49. The van der Waals surface area contributed by atoms with E-state index in [-0.39, 0.29) is 0 Å². The Hall–Kier alpha value is -1.37. The minimum Gasteiger partial charge on any atom is -0.492 e. The maximum absolute atomic E-state index is 5.77. The highest BCUT2D eigenvalue weighted by Gasteiger charge is 2.03. The Morgan fingerprint density at radius 1 is 1.33 bits per heavy atom. The Morgan fingerprint density at radius 2 is 2.24 bits per heavy atom. The molecule has 0 spiro atoms. The highest BCUT2D eigenvalue weighted by Crippen LogP contribution is 2.22. The molecule has 1 aromatic heterocycles. The second kappa shape index (κ2) is 8.81. The Bertz CT molecular complexity index is 532. The zero-order valence-corrected chi connectivity index (χ0v) is 13.7. The van der Waals surface area contributed by atoms with Gasteiger partial charge in [-0.25, -0.2) is 0 Å². The SMILES string of the molecule is COCCNCc1cc(OCCn2cccn2)ccc1Br. The van der Waals surface area contributed by atoms with Gasteiger partial charge in [-0.1, -0.05) is 15.9 Å². The van der Waals surface area contributed by atoms with Crippen molar-refractivity contribution >= 4 is 15.9 Å². The first-order chi connectivity index (χ1) is 10.3. The number of benzene rings is 1. The Labute approximate surface area is 133 Å². The fraction of sp³-hybridized carbons (Fsp3) is 0.400. The number of halogens is 1. The van der Waals surface area contributed by atoms with Crippen LogP contribution in [-0.4, -0.2) is 36.6 Å². The predicted octanol–water partition coefficient (Wildman–Crippen LogP) is 2.46. The van der Waals surface area contributed by atoms with E-state index in [0.29, 0.717) is 13.2 Å². The van der Waals surface area contributed by atoms with E-state index in [4.69, 9.17) is 9.47 Å². The second-order valence-electron chi connectivity index (χ2n) is 4.54. The van der Waals surface area contributed by atoms with Gasteiger partial charge in [0.2, 0.25) is 0 Å². The lowest BCUT2D eigenvalue weighted by Crippen LogP contribution is -2.18. The van der Waals surface area contributed by atoms with E-state index in [1.165, 1.54) is 5.56 Å². The molecule has 0 aliphatic heterocycles. The molecular weight excluding hydrogens is 334 g/mol. The lowest BCUT2D eigenvalue weighted by Gasteiger charge is -2.11. The molecule has 1 heterocycles. The van der Waals surface area contributed by atoms with Gasteiger partial charge in [0, 0.05) is 37.1 Å². The van der Waals surface area contributed by atoms with Gasteiger partial charge < -0.3 is 14.8 Å². The molecule has 1 N–H and O–H groups in total. The molecule has 2 aromatic rings. The van der Waals surface area contributed by atoms with E-state index in [9.17, 15) is 0 Å². The van der Waals surface area contributed by atoms with E-state index in [0.717, 1.165) is 29.9 Å². The summed E-state index contributed by atoms with van der Waals surface area (Å²) in [6.45, 7) is 3.65. The lowest BCUT2D eigenvalue weighted by molar-refractivity contribution is 0.199. The Kier molecular flexibility index (Phi) is 6.72. The van der Waals surface area contributed by atoms with Crippen molar-refractivity contribution in [2.75, 3.05) is 26.9 Å². The van der Waals surface area contributed by atoms with E-state index in [1.807, 2.05) is 35.1 Å². The Morgan fingerprint density at radius 3 is 3.00 bits per heavy atom. The molecule has 0 amide bonds. The average molecular weight is 354 g/mol. The summed E-state index contributed by atoms with van der Waals surface area (Å²) >= 11 is 3.56. The number of hydrogen-bond acceptors (Lipinski definition) is 4. The van der Waals surface area contributed by atoms with Crippen molar-refractivity contribution < 1.29 is 9.47 Å². The van der Waals surface area contributed by atoms with Crippen molar-refractivity contribution in [1.82, 2.24) is 15.1 Å². The number of rotatable bonds is 9.